The van der Waals surface area contributed by atoms with Crippen molar-refractivity contribution in [3.05, 3.63) is 164 Å². The van der Waals surface area contributed by atoms with E-state index in [9.17, 15) is 16.8 Å². The number of hydrogen-bond donors (Lipinski definition) is 2. The second kappa shape index (κ2) is 16.7. The first-order valence-corrected chi connectivity index (χ1v) is 20.0. The van der Waals surface area contributed by atoms with Crippen LogP contribution in [-0.4, -0.2) is 46.2 Å². The number of sulfonamides is 2. The Balaban J connectivity index is 1.56. The van der Waals surface area contributed by atoms with Gasteiger partial charge in [0.2, 0.25) is 0 Å². The van der Waals surface area contributed by atoms with Gasteiger partial charge in [0.05, 0.1) is 21.2 Å². The van der Waals surface area contributed by atoms with Gasteiger partial charge in [0.1, 0.15) is 0 Å². The van der Waals surface area contributed by atoms with E-state index in [-0.39, 0.29) is 22.9 Å². The first-order chi connectivity index (χ1) is 23.9. The molecule has 0 bridgehead atoms. The summed E-state index contributed by atoms with van der Waals surface area (Å²) in [4.78, 5) is 7.06. The van der Waals surface area contributed by atoms with Crippen molar-refractivity contribution >= 4 is 63.3 Å². The second-order valence-corrected chi connectivity index (χ2v) is 16.6. The third kappa shape index (κ3) is 9.98. The van der Waals surface area contributed by atoms with Crippen LogP contribution in [0.1, 0.15) is 27.8 Å². The molecule has 0 amide bonds. The van der Waals surface area contributed by atoms with Gasteiger partial charge in [0.15, 0.2) is 0 Å². The summed E-state index contributed by atoms with van der Waals surface area (Å²) >= 11 is 7.23. The molecule has 0 aromatic heterocycles. The average Bonchev–Trinajstić information content (AvgIpc) is 3.10. The smallest absolute Gasteiger partial charge is 0.276 e. The zero-order valence-electron chi connectivity index (χ0n) is 27.3. The van der Waals surface area contributed by atoms with Gasteiger partial charge in [-0.15, -0.1) is 0 Å². The maximum absolute atomic E-state index is 13.3. The van der Waals surface area contributed by atoms with E-state index in [0.29, 0.717) is 29.1 Å². The van der Waals surface area contributed by atoms with Gasteiger partial charge in [-0.05, 0) is 55.8 Å². The molecule has 5 aromatic carbocycles. The molecule has 9 nitrogen and oxygen atoms in total. The highest BCUT2D eigenvalue weighted by Gasteiger charge is 2.21. The van der Waals surface area contributed by atoms with Gasteiger partial charge in [0, 0.05) is 39.7 Å². The fourth-order valence-corrected chi connectivity index (χ4v) is 7.64. The molecule has 5 rings (SSSR count). The number of nitrogens with one attached hydrogen (secondary N) is 2. The van der Waals surface area contributed by atoms with Crippen molar-refractivity contribution in [1.82, 2.24) is 14.6 Å². The van der Waals surface area contributed by atoms with E-state index in [1.54, 1.807) is 24.3 Å². The SMILES string of the molecule is Cc1ccc(S(=O)(=O)N/N=C(\CN(C/C(=N/NS(=O)(=O)c2ccc(C)cc2)c2ccccc2Br)Cc2ccccc2)c2ccccc2Br)cc1. The van der Waals surface area contributed by atoms with E-state index in [1.807, 2.05) is 97.6 Å². The Morgan fingerprint density at radius 3 is 1.34 bits per heavy atom. The lowest BCUT2D eigenvalue weighted by atomic mass is 10.1. The minimum Gasteiger partial charge on any atom is -0.287 e. The summed E-state index contributed by atoms with van der Waals surface area (Å²) in [7, 11) is -7.98. The van der Waals surface area contributed by atoms with Gasteiger partial charge < -0.3 is 0 Å². The van der Waals surface area contributed by atoms with Crippen LogP contribution in [0.5, 0.6) is 0 Å². The van der Waals surface area contributed by atoms with Gasteiger partial charge in [-0.25, -0.2) is 0 Å². The molecule has 0 saturated carbocycles. The molecule has 0 unspecified atom stereocenters. The predicted octanol–water partition coefficient (Wildman–Crippen LogP) is 7.40. The van der Waals surface area contributed by atoms with Crippen LogP contribution in [0, 0.1) is 13.8 Å². The van der Waals surface area contributed by atoms with E-state index >= 15 is 0 Å². The van der Waals surface area contributed by atoms with Crippen LogP contribution in [0.2, 0.25) is 0 Å². The van der Waals surface area contributed by atoms with E-state index in [2.05, 4.69) is 51.7 Å². The summed E-state index contributed by atoms with van der Waals surface area (Å²) < 4.78 is 54.7. The van der Waals surface area contributed by atoms with Crippen molar-refractivity contribution in [2.45, 2.75) is 30.2 Å². The maximum atomic E-state index is 13.3. The highest BCUT2D eigenvalue weighted by Crippen LogP contribution is 2.22. The number of halogens is 2. The van der Waals surface area contributed by atoms with E-state index in [1.165, 1.54) is 24.3 Å². The quantitative estimate of drug-likeness (QED) is 0.0893. The third-order valence-corrected chi connectivity index (χ3v) is 11.5. The molecule has 5 aromatic rings. The van der Waals surface area contributed by atoms with Gasteiger partial charge in [-0.3, -0.25) is 4.90 Å². The Morgan fingerprint density at radius 2 is 0.940 bits per heavy atom. The summed E-state index contributed by atoms with van der Waals surface area (Å²) in [5.41, 5.74) is 5.05. The molecule has 0 heterocycles. The van der Waals surface area contributed by atoms with E-state index in [4.69, 9.17) is 0 Å². The minimum atomic E-state index is -3.99. The van der Waals surface area contributed by atoms with Gasteiger partial charge in [0.25, 0.3) is 20.0 Å². The number of hydrazone groups is 2. The van der Waals surface area contributed by atoms with Crippen LogP contribution < -0.4 is 9.66 Å². The monoisotopic (exact) mass is 835 g/mol. The number of nitrogens with zero attached hydrogens (tertiary/aromatic N) is 3. The van der Waals surface area contributed by atoms with Crippen LogP contribution in [0.15, 0.2) is 156 Å². The zero-order valence-corrected chi connectivity index (χ0v) is 32.1. The summed E-state index contributed by atoms with van der Waals surface area (Å²) in [5, 5.41) is 8.97. The molecule has 0 atom stereocenters. The van der Waals surface area contributed by atoms with Crippen LogP contribution >= 0.6 is 31.9 Å². The van der Waals surface area contributed by atoms with Crippen molar-refractivity contribution in [2.24, 2.45) is 10.2 Å². The molecule has 0 aliphatic rings. The Morgan fingerprint density at radius 1 is 0.560 bits per heavy atom. The number of benzene rings is 5. The Bertz CT molecular complexity index is 2070. The van der Waals surface area contributed by atoms with Crippen LogP contribution in [0.3, 0.4) is 0 Å². The van der Waals surface area contributed by atoms with Gasteiger partial charge in [-0.2, -0.15) is 36.7 Å². The standard InChI is InChI=1S/C37H35Br2N5O4S2/c1-27-16-20-30(21-17-27)49(45,46)42-40-36(32-12-6-8-14-34(32)38)25-44(24-29-10-4-3-5-11-29)26-37(33-13-7-9-15-35(33)39)41-43-50(47,48)31-22-18-28(2)19-23-31/h3-23,42-43H,24-26H2,1-2H3/b40-36-,41-37+. The van der Waals surface area contributed by atoms with Crippen LogP contribution in [0.4, 0.5) is 0 Å². The topological polar surface area (TPSA) is 120 Å². The lowest BCUT2D eigenvalue weighted by Crippen LogP contribution is -2.37. The van der Waals surface area contributed by atoms with Gasteiger partial charge in [-0.1, -0.05) is 134 Å². The minimum absolute atomic E-state index is 0.0867. The highest BCUT2D eigenvalue weighted by molar-refractivity contribution is 9.10. The van der Waals surface area contributed by atoms with Crippen molar-refractivity contribution < 1.29 is 16.8 Å². The molecule has 0 fully saturated rings. The molecule has 50 heavy (non-hydrogen) atoms. The molecule has 0 aliphatic carbocycles. The lowest BCUT2D eigenvalue weighted by molar-refractivity contribution is 0.346. The van der Waals surface area contributed by atoms with Crippen molar-refractivity contribution in [3.8, 4) is 0 Å². The summed E-state index contributed by atoms with van der Waals surface area (Å²) in [6.45, 7) is 4.48. The zero-order chi connectivity index (χ0) is 35.7. The number of aryl methyl sites for hydroxylation is 2. The summed E-state index contributed by atoms with van der Waals surface area (Å²) in [6.07, 6.45) is 0. The van der Waals surface area contributed by atoms with Crippen molar-refractivity contribution in [3.63, 3.8) is 0 Å². The normalized spacial score (nSPS) is 12.6. The van der Waals surface area contributed by atoms with Crippen LogP contribution in [0.25, 0.3) is 0 Å². The highest BCUT2D eigenvalue weighted by atomic mass is 79.9. The lowest BCUT2D eigenvalue weighted by Gasteiger charge is -2.25. The number of hydrogen-bond acceptors (Lipinski definition) is 7. The third-order valence-electron chi connectivity index (χ3n) is 7.63. The van der Waals surface area contributed by atoms with Crippen LogP contribution in [-0.2, 0) is 26.6 Å². The molecular formula is C37H35Br2N5O4S2. The molecule has 0 spiro atoms. The first kappa shape index (κ1) is 37.1. The maximum Gasteiger partial charge on any atom is 0.276 e. The molecule has 13 heteroatoms. The first-order valence-electron chi connectivity index (χ1n) is 15.5. The average molecular weight is 838 g/mol. The fraction of sp³-hybridized carbons (Fsp3) is 0.135. The second-order valence-electron chi connectivity index (χ2n) is 11.5. The van der Waals surface area contributed by atoms with E-state index in [0.717, 1.165) is 25.6 Å². The predicted molar refractivity (Wildman–Crippen MR) is 206 cm³/mol. The van der Waals surface area contributed by atoms with E-state index < -0.39 is 20.0 Å². The van der Waals surface area contributed by atoms with Crippen molar-refractivity contribution in [1.29, 1.82) is 0 Å². The largest absolute Gasteiger partial charge is 0.287 e. The van der Waals surface area contributed by atoms with Gasteiger partial charge >= 0.3 is 0 Å². The Hall–Kier alpha value is -4.14. The summed E-state index contributed by atoms with van der Waals surface area (Å²) in [6, 6.07) is 37.6. The molecule has 2 N–H and O–H groups in total. The Kier molecular flexibility index (Phi) is 12.4. The molecule has 258 valence electrons. The summed E-state index contributed by atoms with van der Waals surface area (Å²) in [5.74, 6) is 0. The fourth-order valence-electron chi connectivity index (χ4n) is 4.96. The number of rotatable bonds is 14. The molecule has 0 radical (unpaired) electrons. The van der Waals surface area contributed by atoms with Crippen molar-refractivity contribution in [2.75, 3.05) is 13.1 Å². The molecular weight excluding hydrogens is 802 g/mol. The molecule has 0 aliphatic heterocycles. The Labute approximate surface area is 310 Å². The molecule has 0 saturated heterocycles.